The monoisotopic (exact) mass is 286 g/mol. The summed E-state index contributed by atoms with van der Waals surface area (Å²) >= 11 is 0. The molecule has 0 fully saturated rings. The number of ketones is 1. The fraction of sp³-hybridized carbons (Fsp3) is 0.190. The van der Waals surface area contributed by atoms with Gasteiger partial charge in [0.15, 0.2) is 0 Å². The third-order valence-corrected chi connectivity index (χ3v) is 4.59. The van der Waals surface area contributed by atoms with Crippen LogP contribution in [0.3, 0.4) is 0 Å². The molecule has 0 radical (unpaired) electrons. The van der Waals surface area contributed by atoms with Crippen LogP contribution in [-0.4, -0.2) is 5.78 Å². The summed E-state index contributed by atoms with van der Waals surface area (Å²) in [4.78, 5) is 11.2. The van der Waals surface area contributed by atoms with E-state index in [-0.39, 0.29) is 5.78 Å². The molecule has 4 aromatic rings. The maximum Gasteiger partial charge on any atom is 0.129 e. The summed E-state index contributed by atoms with van der Waals surface area (Å²) in [7, 11) is 0. The van der Waals surface area contributed by atoms with Crippen molar-refractivity contribution in [2.45, 2.75) is 26.2 Å². The van der Waals surface area contributed by atoms with E-state index in [1.54, 1.807) is 6.92 Å². The van der Waals surface area contributed by atoms with Crippen molar-refractivity contribution in [3.63, 3.8) is 0 Å². The molecule has 0 aliphatic carbocycles. The van der Waals surface area contributed by atoms with Crippen LogP contribution < -0.4 is 0 Å². The third-order valence-electron chi connectivity index (χ3n) is 4.59. The van der Waals surface area contributed by atoms with Gasteiger partial charge in [-0.25, -0.2) is 0 Å². The summed E-state index contributed by atoms with van der Waals surface area (Å²) in [5.74, 6) is 0.276. The fourth-order valence-electron chi connectivity index (χ4n) is 3.54. The lowest BCUT2D eigenvalue weighted by Crippen LogP contribution is -1.94. The second-order valence-electron chi connectivity index (χ2n) is 6.14. The van der Waals surface area contributed by atoms with Crippen LogP contribution in [0.5, 0.6) is 0 Å². The van der Waals surface area contributed by atoms with Crippen molar-refractivity contribution in [3.8, 4) is 0 Å². The number of benzene rings is 4. The first-order valence-electron chi connectivity index (χ1n) is 7.89. The summed E-state index contributed by atoms with van der Waals surface area (Å²) in [6, 6.07) is 19.8. The van der Waals surface area contributed by atoms with E-state index in [2.05, 4.69) is 54.6 Å². The van der Waals surface area contributed by atoms with Gasteiger partial charge in [-0.1, -0.05) is 54.6 Å². The van der Waals surface area contributed by atoms with Gasteiger partial charge in [-0.3, -0.25) is 0 Å². The Morgan fingerprint density at radius 1 is 0.818 bits per heavy atom. The average Bonchev–Trinajstić information content (AvgIpc) is 2.53. The van der Waals surface area contributed by atoms with Crippen molar-refractivity contribution in [1.82, 2.24) is 0 Å². The van der Waals surface area contributed by atoms with E-state index in [4.69, 9.17) is 0 Å². The Labute approximate surface area is 129 Å². The van der Waals surface area contributed by atoms with Gasteiger partial charge in [0, 0.05) is 6.42 Å². The van der Waals surface area contributed by atoms with Crippen LogP contribution >= 0.6 is 0 Å². The Morgan fingerprint density at radius 2 is 1.45 bits per heavy atom. The van der Waals surface area contributed by atoms with Crippen molar-refractivity contribution in [2.24, 2.45) is 0 Å². The molecule has 0 aromatic heterocycles. The summed E-state index contributed by atoms with van der Waals surface area (Å²) in [6.07, 6.45) is 2.56. The van der Waals surface area contributed by atoms with Crippen LogP contribution in [0.15, 0.2) is 54.6 Å². The lowest BCUT2D eigenvalue weighted by molar-refractivity contribution is -0.117. The highest BCUT2D eigenvalue weighted by molar-refractivity contribution is 6.23. The smallest absolute Gasteiger partial charge is 0.129 e. The highest BCUT2D eigenvalue weighted by Crippen LogP contribution is 2.36. The highest BCUT2D eigenvalue weighted by Gasteiger charge is 2.10. The van der Waals surface area contributed by atoms with Gasteiger partial charge >= 0.3 is 0 Å². The first-order chi connectivity index (χ1) is 10.7. The third kappa shape index (κ3) is 2.05. The maximum atomic E-state index is 11.2. The molecule has 0 amide bonds. The second kappa shape index (κ2) is 5.10. The SMILES string of the molecule is CC(=O)CCCc1ccc2ccc3cccc4ccc1c2c34. The number of hydrogen-bond acceptors (Lipinski definition) is 1. The van der Waals surface area contributed by atoms with Crippen LogP contribution in [0, 0.1) is 0 Å². The molecule has 0 saturated carbocycles. The molecule has 0 spiro atoms. The Kier molecular flexibility index (Phi) is 3.07. The average molecular weight is 286 g/mol. The predicted octanol–water partition coefficient (Wildman–Crippen LogP) is 5.50. The van der Waals surface area contributed by atoms with Crippen LogP contribution in [0.25, 0.3) is 32.3 Å². The van der Waals surface area contributed by atoms with Gasteiger partial charge < -0.3 is 4.79 Å². The van der Waals surface area contributed by atoms with Crippen molar-refractivity contribution in [3.05, 3.63) is 60.2 Å². The van der Waals surface area contributed by atoms with E-state index >= 15 is 0 Å². The molecular weight excluding hydrogens is 268 g/mol. The van der Waals surface area contributed by atoms with Gasteiger partial charge in [0.05, 0.1) is 0 Å². The summed E-state index contributed by atoms with van der Waals surface area (Å²) in [6.45, 7) is 1.67. The molecule has 108 valence electrons. The van der Waals surface area contributed by atoms with Gasteiger partial charge in [0.25, 0.3) is 0 Å². The normalized spacial score (nSPS) is 11.7. The molecule has 0 atom stereocenters. The maximum absolute atomic E-state index is 11.2. The van der Waals surface area contributed by atoms with E-state index < -0.39 is 0 Å². The molecular formula is C21H18O. The summed E-state index contributed by atoms with van der Waals surface area (Å²) < 4.78 is 0. The number of carbonyl (C=O) groups excluding carboxylic acids is 1. The highest BCUT2D eigenvalue weighted by atomic mass is 16.1. The zero-order chi connectivity index (χ0) is 15.1. The Hall–Kier alpha value is -2.41. The molecule has 4 rings (SSSR count). The van der Waals surface area contributed by atoms with Gasteiger partial charge in [0.2, 0.25) is 0 Å². The van der Waals surface area contributed by atoms with E-state index in [9.17, 15) is 4.79 Å². The molecule has 1 nitrogen and oxygen atoms in total. The van der Waals surface area contributed by atoms with Crippen molar-refractivity contribution < 1.29 is 4.79 Å². The number of Topliss-reactive ketones (excluding diaryl/α,β-unsaturated/α-hetero) is 1. The standard InChI is InChI=1S/C21H18O/c1-14(22)4-2-5-15-8-9-18-11-10-16-6-3-7-17-12-13-19(15)21(18)20(16)17/h3,6-13H,2,4-5H2,1H3. The largest absolute Gasteiger partial charge is 0.300 e. The van der Waals surface area contributed by atoms with E-state index in [1.165, 1.54) is 37.9 Å². The number of rotatable bonds is 4. The molecule has 0 aliphatic heterocycles. The first kappa shape index (κ1) is 13.3. The Bertz CT molecular complexity index is 965. The van der Waals surface area contributed by atoms with Gasteiger partial charge in [-0.15, -0.1) is 0 Å². The molecule has 0 bridgehead atoms. The van der Waals surface area contributed by atoms with Crippen molar-refractivity contribution >= 4 is 38.1 Å². The second-order valence-corrected chi connectivity index (χ2v) is 6.14. The summed E-state index contributed by atoms with van der Waals surface area (Å²) in [5, 5.41) is 7.98. The Balaban J connectivity index is 1.94. The van der Waals surface area contributed by atoms with E-state index in [0.29, 0.717) is 6.42 Å². The Morgan fingerprint density at radius 3 is 2.18 bits per heavy atom. The molecule has 4 aromatic carbocycles. The van der Waals surface area contributed by atoms with Crippen molar-refractivity contribution in [2.75, 3.05) is 0 Å². The van der Waals surface area contributed by atoms with Crippen molar-refractivity contribution in [1.29, 1.82) is 0 Å². The lowest BCUT2D eigenvalue weighted by atomic mass is 9.90. The number of hydrogen-bond donors (Lipinski definition) is 0. The van der Waals surface area contributed by atoms with Crippen LogP contribution in [0.4, 0.5) is 0 Å². The first-order valence-corrected chi connectivity index (χ1v) is 7.89. The molecule has 1 heteroatoms. The van der Waals surface area contributed by atoms with Crippen LogP contribution in [0.2, 0.25) is 0 Å². The minimum Gasteiger partial charge on any atom is -0.300 e. The number of aryl methyl sites for hydroxylation is 1. The van der Waals surface area contributed by atoms with Gasteiger partial charge in [-0.05, 0) is 57.6 Å². The molecule has 0 saturated heterocycles. The quantitative estimate of drug-likeness (QED) is 0.453. The van der Waals surface area contributed by atoms with E-state index in [0.717, 1.165) is 12.8 Å². The topological polar surface area (TPSA) is 17.1 Å². The zero-order valence-electron chi connectivity index (χ0n) is 12.7. The molecule has 0 heterocycles. The summed E-state index contributed by atoms with van der Waals surface area (Å²) in [5.41, 5.74) is 1.35. The number of carbonyl (C=O) groups is 1. The zero-order valence-corrected chi connectivity index (χ0v) is 12.7. The van der Waals surface area contributed by atoms with Crippen LogP contribution in [-0.2, 0) is 11.2 Å². The lowest BCUT2D eigenvalue weighted by Gasteiger charge is -2.13. The molecule has 22 heavy (non-hydrogen) atoms. The van der Waals surface area contributed by atoms with Crippen LogP contribution in [0.1, 0.15) is 25.3 Å². The fourth-order valence-corrected chi connectivity index (χ4v) is 3.54. The molecule has 0 aliphatic rings. The predicted molar refractivity (Wildman–Crippen MR) is 93.8 cm³/mol. The van der Waals surface area contributed by atoms with Gasteiger partial charge in [-0.2, -0.15) is 0 Å². The van der Waals surface area contributed by atoms with E-state index in [1.807, 2.05) is 0 Å². The molecule has 0 unspecified atom stereocenters. The van der Waals surface area contributed by atoms with Gasteiger partial charge in [0.1, 0.15) is 5.78 Å². The minimum absolute atomic E-state index is 0.276. The minimum atomic E-state index is 0.276. The molecule has 0 N–H and O–H groups in total.